The Labute approximate surface area is 102 Å². The van der Waals surface area contributed by atoms with Gasteiger partial charge in [-0.05, 0) is 19.9 Å². The number of halogens is 3. The third-order valence-electron chi connectivity index (χ3n) is 1.77. The first kappa shape index (κ1) is 13.6. The molecule has 0 heterocycles. The third kappa shape index (κ3) is 9.70. The maximum Gasteiger partial charge on any atom is 0.267 e. The second-order valence-electron chi connectivity index (χ2n) is 2.96. The second-order valence-corrected chi connectivity index (χ2v) is 28.8. The van der Waals surface area contributed by atoms with Gasteiger partial charge in [0, 0.05) is 9.52 Å². The summed E-state index contributed by atoms with van der Waals surface area (Å²) in [6.45, 7) is 4.40. The molecule has 0 rings (SSSR count). The lowest BCUT2D eigenvalue weighted by Crippen LogP contribution is -2.05. The van der Waals surface area contributed by atoms with Gasteiger partial charge in [-0.15, -0.1) is 0 Å². The molecule has 0 aliphatic carbocycles. The summed E-state index contributed by atoms with van der Waals surface area (Å²) in [5.74, 6) is 0. The lowest BCUT2D eigenvalue weighted by atomic mass is 10.6. The highest BCUT2D eigenvalue weighted by Crippen LogP contribution is 2.33. The SMILES string of the molecule is CC=C(C)[SiH2]CCC[Si](Br)(Br)Br. The minimum atomic E-state index is -1.30. The van der Waals surface area contributed by atoms with Crippen LogP contribution in [0.2, 0.25) is 12.1 Å². The molecule has 0 aliphatic rings. The van der Waals surface area contributed by atoms with Gasteiger partial charge >= 0.3 is 0 Å². The molecule has 0 unspecified atom stereocenters. The summed E-state index contributed by atoms with van der Waals surface area (Å²) in [7, 11) is 0.0875. The lowest BCUT2D eigenvalue weighted by Gasteiger charge is -2.07. The molecule has 0 spiro atoms. The molecule has 0 aromatic rings. The van der Waals surface area contributed by atoms with Crippen LogP contribution in [0.25, 0.3) is 0 Å². The third-order valence-corrected chi connectivity index (χ3v) is 8.31. The Balaban J connectivity index is 3.34. The van der Waals surface area contributed by atoms with Crippen molar-refractivity contribution in [3.63, 3.8) is 0 Å². The molecule has 0 bridgehead atoms. The topological polar surface area (TPSA) is 0 Å². The van der Waals surface area contributed by atoms with Gasteiger partial charge in [-0.1, -0.05) is 69.6 Å². The van der Waals surface area contributed by atoms with Crippen LogP contribution in [0.4, 0.5) is 0 Å². The molecular formula is C7H15Br3Si2. The molecule has 0 atom stereocenters. The second kappa shape index (κ2) is 6.98. The predicted molar refractivity (Wildman–Crippen MR) is 74.7 cm³/mol. The van der Waals surface area contributed by atoms with Gasteiger partial charge in [-0.2, -0.15) is 0 Å². The van der Waals surface area contributed by atoms with Crippen LogP contribution in [0.3, 0.4) is 0 Å². The maximum atomic E-state index is 3.64. The highest BCUT2D eigenvalue weighted by Gasteiger charge is 2.20. The van der Waals surface area contributed by atoms with Crippen LogP contribution in [-0.2, 0) is 0 Å². The van der Waals surface area contributed by atoms with Crippen LogP contribution in [-0.4, -0.2) is 13.5 Å². The van der Waals surface area contributed by atoms with E-state index in [1.807, 2.05) is 0 Å². The molecule has 0 saturated heterocycles. The first-order valence-electron chi connectivity index (χ1n) is 4.14. The molecule has 0 nitrogen and oxygen atoms in total. The predicted octanol–water partition coefficient (Wildman–Crippen LogP) is 4.01. The maximum absolute atomic E-state index is 3.64. The van der Waals surface area contributed by atoms with E-state index in [0.717, 1.165) is 0 Å². The van der Waals surface area contributed by atoms with Gasteiger partial charge in [0.2, 0.25) is 0 Å². The summed E-state index contributed by atoms with van der Waals surface area (Å²) in [6.07, 6.45) is 3.61. The van der Waals surface area contributed by atoms with Crippen molar-refractivity contribution in [2.24, 2.45) is 0 Å². The standard InChI is InChI=1S/C7H15Br3Si2/c1-3-7(2)11-5-4-6-12(8,9)10/h3H,4-6,11H2,1-2H3. The molecule has 0 N–H and O–H groups in total. The van der Waals surface area contributed by atoms with Crippen LogP contribution in [0.15, 0.2) is 11.3 Å². The zero-order valence-electron chi connectivity index (χ0n) is 7.54. The quantitative estimate of drug-likeness (QED) is 0.375. The van der Waals surface area contributed by atoms with Crippen molar-refractivity contribution >= 4 is 59.3 Å². The zero-order valence-corrected chi connectivity index (χ0v) is 14.7. The summed E-state index contributed by atoms with van der Waals surface area (Å²) in [5.41, 5.74) is 0. The molecule has 0 aliphatic heterocycles. The van der Waals surface area contributed by atoms with Crippen molar-refractivity contribution in [2.75, 3.05) is 0 Å². The van der Waals surface area contributed by atoms with Gasteiger partial charge in [0.15, 0.2) is 0 Å². The fourth-order valence-corrected chi connectivity index (χ4v) is 5.89. The average molecular weight is 395 g/mol. The normalized spacial score (nSPS) is 14.6. The lowest BCUT2D eigenvalue weighted by molar-refractivity contribution is 1.06. The molecule has 0 aromatic heterocycles. The van der Waals surface area contributed by atoms with E-state index in [1.54, 1.807) is 5.20 Å². The van der Waals surface area contributed by atoms with E-state index in [9.17, 15) is 0 Å². The molecule has 0 radical (unpaired) electrons. The van der Waals surface area contributed by atoms with Crippen LogP contribution in [0, 0.1) is 0 Å². The Morgan fingerprint density at radius 1 is 1.42 bits per heavy atom. The van der Waals surface area contributed by atoms with Gasteiger partial charge in [-0.3, -0.25) is 0 Å². The first-order chi connectivity index (χ1) is 5.45. The highest BCUT2D eigenvalue weighted by molar-refractivity contribution is 9.72. The van der Waals surface area contributed by atoms with Gasteiger partial charge < -0.3 is 0 Å². The molecule has 12 heavy (non-hydrogen) atoms. The molecule has 72 valence electrons. The fourth-order valence-electron chi connectivity index (χ4n) is 0.874. The summed E-state index contributed by atoms with van der Waals surface area (Å²) in [4.78, 5) is 0. The van der Waals surface area contributed by atoms with Crippen molar-refractivity contribution in [2.45, 2.75) is 32.4 Å². The monoisotopic (exact) mass is 392 g/mol. The largest absolute Gasteiger partial charge is 0.267 e. The Bertz CT molecular complexity index is 151. The molecule has 0 aromatic carbocycles. The van der Waals surface area contributed by atoms with E-state index in [-0.39, 0.29) is 9.52 Å². The van der Waals surface area contributed by atoms with E-state index in [1.165, 1.54) is 18.5 Å². The number of hydrogen-bond acceptors (Lipinski definition) is 0. The van der Waals surface area contributed by atoms with Crippen molar-refractivity contribution in [3.05, 3.63) is 11.3 Å². The van der Waals surface area contributed by atoms with Gasteiger partial charge in [-0.25, -0.2) is 0 Å². The Morgan fingerprint density at radius 2 is 2.00 bits per heavy atom. The van der Waals surface area contributed by atoms with Crippen LogP contribution >= 0.6 is 45.9 Å². The molecule has 5 heteroatoms. The number of rotatable bonds is 5. The van der Waals surface area contributed by atoms with Crippen molar-refractivity contribution < 1.29 is 0 Å². The van der Waals surface area contributed by atoms with Gasteiger partial charge in [0.25, 0.3) is 3.93 Å². The molecular weight excluding hydrogens is 380 g/mol. The van der Waals surface area contributed by atoms with Crippen molar-refractivity contribution in [1.29, 1.82) is 0 Å². The van der Waals surface area contributed by atoms with Gasteiger partial charge in [0.1, 0.15) is 0 Å². The number of hydrogen-bond donors (Lipinski definition) is 0. The summed E-state index contributed by atoms with van der Waals surface area (Å²) in [6, 6.07) is 2.71. The van der Waals surface area contributed by atoms with Gasteiger partial charge in [0.05, 0.1) is 0 Å². The highest BCUT2D eigenvalue weighted by atomic mass is 80.0. The summed E-state index contributed by atoms with van der Waals surface area (Å²) in [5, 5.41) is 1.64. The van der Waals surface area contributed by atoms with Crippen LogP contribution in [0.5, 0.6) is 0 Å². The average Bonchev–Trinajstić information content (AvgIpc) is 1.96. The Morgan fingerprint density at radius 3 is 2.42 bits per heavy atom. The van der Waals surface area contributed by atoms with E-state index in [4.69, 9.17) is 0 Å². The molecule has 0 saturated carbocycles. The smallest absolute Gasteiger partial charge is 0.0964 e. The van der Waals surface area contributed by atoms with E-state index < -0.39 is 3.93 Å². The summed E-state index contributed by atoms with van der Waals surface area (Å²) < 4.78 is -1.30. The van der Waals surface area contributed by atoms with E-state index in [2.05, 4.69) is 65.8 Å². The van der Waals surface area contributed by atoms with Crippen molar-refractivity contribution in [1.82, 2.24) is 0 Å². The Kier molecular flexibility index (Phi) is 7.92. The minimum Gasteiger partial charge on any atom is -0.0964 e. The fraction of sp³-hybridized carbons (Fsp3) is 0.714. The molecule has 0 fully saturated rings. The van der Waals surface area contributed by atoms with E-state index >= 15 is 0 Å². The first-order valence-corrected chi connectivity index (χ1v) is 14.8. The summed E-state index contributed by atoms with van der Waals surface area (Å²) >= 11 is 10.9. The Hall–Kier alpha value is 1.61. The van der Waals surface area contributed by atoms with Crippen LogP contribution < -0.4 is 0 Å². The minimum absolute atomic E-state index is 0.0875. The number of allylic oxidation sites excluding steroid dienone is 2. The van der Waals surface area contributed by atoms with E-state index in [0.29, 0.717) is 0 Å². The van der Waals surface area contributed by atoms with Crippen molar-refractivity contribution in [3.8, 4) is 0 Å². The molecule has 0 amide bonds. The van der Waals surface area contributed by atoms with Crippen LogP contribution in [0.1, 0.15) is 20.3 Å². The zero-order chi connectivity index (χ0) is 9.61.